The fourth-order valence-electron chi connectivity index (χ4n) is 4.41. The molecule has 0 spiro atoms. The third-order valence-corrected chi connectivity index (χ3v) is 7.80. The van der Waals surface area contributed by atoms with Crippen molar-refractivity contribution >= 4 is 35.2 Å². The van der Waals surface area contributed by atoms with E-state index in [0.717, 1.165) is 42.7 Å². The molecule has 1 aromatic heterocycles. The largest absolute Gasteiger partial charge is 0.454 e. The summed E-state index contributed by atoms with van der Waals surface area (Å²) in [6.45, 7) is 0. The summed E-state index contributed by atoms with van der Waals surface area (Å²) < 4.78 is 64.7. The summed E-state index contributed by atoms with van der Waals surface area (Å²) in [4.78, 5) is 9.49. The molecular formula is C29H25ClF4N4OS. The summed E-state index contributed by atoms with van der Waals surface area (Å²) in [5.41, 5.74) is -0.118. The van der Waals surface area contributed by atoms with Crippen LogP contribution in [0.25, 0.3) is 11.3 Å². The first kappa shape index (κ1) is 28.0. The molecule has 40 heavy (non-hydrogen) atoms. The van der Waals surface area contributed by atoms with Gasteiger partial charge >= 0.3 is 6.18 Å². The SMILES string of the molecule is Fc1cc(NSc2ccccc2Cl)ccc1Oc1ccc(C(F)(F)F)cc1-c1ccnc(NC2CCCCC2)n1. The van der Waals surface area contributed by atoms with E-state index in [9.17, 15) is 13.2 Å². The number of nitrogens with zero attached hydrogens (tertiary/aromatic N) is 2. The van der Waals surface area contributed by atoms with Crippen LogP contribution in [-0.2, 0) is 6.18 Å². The number of aromatic nitrogens is 2. The number of ether oxygens (including phenoxy) is 1. The van der Waals surface area contributed by atoms with Gasteiger partial charge in [0.05, 0.1) is 16.3 Å². The maximum atomic E-state index is 15.1. The molecule has 11 heteroatoms. The van der Waals surface area contributed by atoms with Crippen molar-refractivity contribution in [2.45, 2.75) is 49.2 Å². The Hall–Kier alpha value is -3.50. The lowest BCUT2D eigenvalue weighted by Crippen LogP contribution is -2.23. The summed E-state index contributed by atoms with van der Waals surface area (Å²) in [7, 11) is 0. The molecule has 1 aliphatic carbocycles. The van der Waals surface area contributed by atoms with Crippen LogP contribution in [0.5, 0.6) is 11.5 Å². The Bertz CT molecular complexity index is 1480. The molecule has 0 aliphatic heterocycles. The van der Waals surface area contributed by atoms with Gasteiger partial charge in [0.15, 0.2) is 11.6 Å². The van der Waals surface area contributed by atoms with Gasteiger partial charge in [0.25, 0.3) is 0 Å². The summed E-state index contributed by atoms with van der Waals surface area (Å²) in [5, 5.41) is 3.84. The van der Waals surface area contributed by atoms with Crippen LogP contribution in [0.1, 0.15) is 37.7 Å². The Balaban J connectivity index is 1.40. The van der Waals surface area contributed by atoms with E-state index in [1.165, 1.54) is 48.8 Å². The first-order valence-electron chi connectivity index (χ1n) is 12.7. The van der Waals surface area contributed by atoms with Crippen molar-refractivity contribution in [3.05, 3.63) is 89.3 Å². The summed E-state index contributed by atoms with van der Waals surface area (Å²) in [6, 6.07) is 16.2. The van der Waals surface area contributed by atoms with Crippen molar-refractivity contribution in [3.8, 4) is 22.8 Å². The number of rotatable bonds is 8. The minimum Gasteiger partial charge on any atom is -0.454 e. The van der Waals surface area contributed by atoms with E-state index in [-0.39, 0.29) is 28.8 Å². The molecule has 0 bridgehead atoms. The smallest absolute Gasteiger partial charge is 0.416 e. The number of halogens is 5. The van der Waals surface area contributed by atoms with Gasteiger partial charge in [-0.05, 0) is 73.3 Å². The fraction of sp³-hybridized carbons (Fsp3) is 0.241. The molecule has 1 saturated carbocycles. The number of anilines is 2. The second kappa shape index (κ2) is 12.3. The Kier molecular flexibility index (Phi) is 8.66. The van der Waals surface area contributed by atoms with Crippen molar-refractivity contribution in [2.24, 2.45) is 0 Å². The molecule has 1 aliphatic rings. The van der Waals surface area contributed by atoms with Crippen LogP contribution in [-0.4, -0.2) is 16.0 Å². The molecule has 5 nitrogen and oxygen atoms in total. The second-order valence-corrected chi connectivity index (χ2v) is 10.6. The highest BCUT2D eigenvalue weighted by molar-refractivity contribution is 8.00. The molecular weight excluding hydrogens is 564 g/mol. The third-order valence-electron chi connectivity index (χ3n) is 6.44. The zero-order chi connectivity index (χ0) is 28.1. The van der Waals surface area contributed by atoms with Crippen molar-refractivity contribution in [2.75, 3.05) is 10.0 Å². The predicted molar refractivity (Wildman–Crippen MR) is 150 cm³/mol. The van der Waals surface area contributed by atoms with E-state index in [4.69, 9.17) is 16.3 Å². The van der Waals surface area contributed by atoms with E-state index in [1.807, 2.05) is 18.2 Å². The fourth-order valence-corrected chi connectivity index (χ4v) is 5.33. The lowest BCUT2D eigenvalue weighted by Gasteiger charge is -2.23. The molecule has 1 fully saturated rings. The molecule has 0 saturated heterocycles. The molecule has 208 valence electrons. The van der Waals surface area contributed by atoms with Gasteiger partial charge in [-0.2, -0.15) is 13.2 Å². The van der Waals surface area contributed by atoms with Crippen molar-refractivity contribution < 1.29 is 22.3 Å². The van der Waals surface area contributed by atoms with Crippen LogP contribution < -0.4 is 14.8 Å². The van der Waals surface area contributed by atoms with Gasteiger partial charge in [0.1, 0.15) is 5.75 Å². The number of hydrogen-bond donors (Lipinski definition) is 2. The minimum absolute atomic E-state index is 0.0281. The molecule has 2 N–H and O–H groups in total. The molecule has 0 atom stereocenters. The predicted octanol–water partition coefficient (Wildman–Crippen LogP) is 9.61. The van der Waals surface area contributed by atoms with Crippen LogP contribution in [0.15, 0.2) is 77.8 Å². The average Bonchev–Trinajstić information content (AvgIpc) is 2.94. The van der Waals surface area contributed by atoms with E-state index in [1.54, 1.807) is 12.1 Å². The van der Waals surface area contributed by atoms with E-state index >= 15 is 4.39 Å². The lowest BCUT2D eigenvalue weighted by atomic mass is 9.96. The quantitative estimate of drug-likeness (QED) is 0.158. The monoisotopic (exact) mass is 588 g/mol. The zero-order valence-electron chi connectivity index (χ0n) is 21.1. The van der Waals surface area contributed by atoms with Crippen LogP contribution in [0.2, 0.25) is 5.02 Å². The van der Waals surface area contributed by atoms with Gasteiger partial charge in [0, 0.05) is 34.5 Å². The van der Waals surface area contributed by atoms with Gasteiger partial charge in [0.2, 0.25) is 5.95 Å². The van der Waals surface area contributed by atoms with Crippen molar-refractivity contribution in [3.63, 3.8) is 0 Å². The Morgan fingerprint density at radius 2 is 1.70 bits per heavy atom. The number of nitrogens with one attached hydrogen (secondary N) is 2. The van der Waals surface area contributed by atoms with Gasteiger partial charge in [-0.3, -0.25) is 0 Å². The average molecular weight is 589 g/mol. The van der Waals surface area contributed by atoms with Crippen molar-refractivity contribution in [1.82, 2.24) is 9.97 Å². The number of hydrogen-bond acceptors (Lipinski definition) is 6. The summed E-state index contributed by atoms with van der Waals surface area (Å²) >= 11 is 7.38. The maximum absolute atomic E-state index is 15.1. The van der Waals surface area contributed by atoms with E-state index in [2.05, 4.69) is 20.0 Å². The molecule has 3 aromatic carbocycles. The normalized spacial score (nSPS) is 14.1. The molecule has 5 rings (SSSR count). The third kappa shape index (κ3) is 6.98. The first-order chi connectivity index (χ1) is 19.3. The van der Waals surface area contributed by atoms with Gasteiger partial charge < -0.3 is 14.8 Å². The Morgan fingerprint density at radius 3 is 2.45 bits per heavy atom. The van der Waals surface area contributed by atoms with Crippen LogP contribution in [0.4, 0.5) is 29.2 Å². The zero-order valence-corrected chi connectivity index (χ0v) is 22.7. The summed E-state index contributed by atoms with van der Waals surface area (Å²) in [6.07, 6.45) is 2.23. The lowest BCUT2D eigenvalue weighted by molar-refractivity contribution is -0.137. The molecule has 1 heterocycles. The molecule has 0 amide bonds. The maximum Gasteiger partial charge on any atom is 0.416 e. The Labute approximate surface area is 238 Å². The highest BCUT2D eigenvalue weighted by Gasteiger charge is 2.32. The first-order valence-corrected chi connectivity index (χ1v) is 13.9. The van der Waals surface area contributed by atoms with E-state index < -0.39 is 17.6 Å². The van der Waals surface area contributed by atoms with Crippen LogP contribution >= 0.6 is 23.5 Å². The summed E-state index contributed by atoms with van der Waals surface area (Å²) in [5.74, 6) is -0.493. The minimum atomic E-state index is -4.58. The van der Waals surface area contributed by atoms with Crippen LogP contribution in [0, 0.1) is 5.82 Å². The molecule has 0 radical (unpaired) electrons. The van der Waals surface area contributed by atoms with Gasteiger partial charge in [-0.15, -0.1) is 0 Å². The highest BCUT2D eigenvalue weighted by Crippen LogP contribution is 2.39. The second-order valence-electron chi connectivity index (χ2n) is 9.34. The topological polar surface area (TPSA) is 59.1 Å². The Morgan fingerprint density at radius 1 is 0.925 bits per heavy atom. The van der Waals surface area contributed by atoms with Gasteiger partial charge in [-0.25, -0.2) is 14.4 Å². The standard InChI is InChI=1S/C29H25ClF4N4OS/c30-22-8-4-5-9-27(22)40-38-20-11-13-26(23(31)17-20)39-25-12-10-18(29(32,33)34)16-21(25)24-14-15-35-28(37-24)36-19-6-2-1-3-7-19/h4-5,8-17,19,38H,1-3,6-7H2,(H,35,36,37). The molecule has 0 unspecified atom stereocenters. The number of benzene rings is 3. The van der Waals surface area contributed by atoms with Crippen molar-refractivity contribution in [1.29, 1.82) is 0 Å². The highest BCUT2D eigenvalue weighted by atomic mass is 35.5. The molecule has 4 aromatic rings. The number of alkyl halides is 3. The van der Waals surface area contributed by atoms with E-state index in [0.29, 0.717) is 16.7 Å². The van der Waals surface area contributed by atoms with Gasteiger partial charge in [-0.1, -0.05) is 43.0 Å². The van der Waals surface area contributed by atoms with Crippen LogP contribution in [0.3, 0.4) is 0 Å².